The van der Waals surface area contributed by atoms with Crippen LogP contribution >= 0.6 is 0 Å². The van der Waals surface area contributed by atoms with Crippen LogP contribution in [0, 0.1) is 6.92 Å². The molecule has 0 amide bonds. The Kier molecular flexibility index (Phi) is 5.72. The van der Waals surface area contributed by atoms with E-state index in [-0.39, 0.29) is 35.8 Å². The first kappa shape index (κ1) is 21.2. The van der Waals surface area contributed by atoms with Crippen molar-refractivity contribution >= 4 is 33.6 Å². The minimum absolute atomic E-state index is 0.236. The van der Waals surface area contributed by atoms with E-state index in [1.54, 1.807) is 16.8 Å². The van der Waals surface area contributed by atoms with E-state index in [2.05, 4.69) is 9.72 Å². The average molecular weight is 436 g/mol. The van der Waals surface area contributed by atoms with Crippen LogP contribution in [0.4, 0.5) is 5.82 Å². The third kappa shape index (κ3) is 3.73. The van der Waals surface area contributed by atoms with Gasteiger partial charge in [-0.2, -0.15) is 5.10 Å². The number of pyridine rings is 1. The van der Waals surface area contributed by atoms with E-state index in [9.17, 15) is 9.59 Å². The number of nitrogen functional groups attached to an aromatic ring is 1. The smallest absolute Gasteiger partial charge is 0.305 e. The number of nitrogens with two attached hydrogens (primary N) is 1. The quantitative estimate of drug-likeness (QED) is 0.337. The maximum absolute atomic E-state index is 12.9. The number of anilines is 1. The minimum Gasteiger partial charge on any atom is -0.497 e. The average Bonchev–Trinajstić information content (AvgIpc) is 3.13. The molecule has 9 heteroatoms. The third-order valence-electron chi connectivity index (χ3n) is 5.30. The summed E-state index contributed by atoms with van der Waals surface area (Å²) in [6.45, 7) is 2.22. The molecular formula is C23H24N4O5. The first-order valence-electron chi connectivity index (χ1n) is 10.1. The molecule has 0 aliphatic rings. The zero-order valence-corrected chi connectivity index (χ0v) is 18.1. The number of nitrogens with one attached hydrogen (secondary N) is 1. The number of hydrogen-bond donors (Lipinski definition) is 2. The van der Waals surface area contributed by atoms with Crippen molar-refractivity contribution in [2.45, 2.75) is 19.8 Å². The molecule has 0 unspecified atom stereocenters. The number of ether oxygens (including phenoxy) is 3. The molecule has 0 fully saturated rings. The van der Waals surface area contributed by atoms with Crippen LogP contribution in [0.15, 0.2) is 41.2 Å². The van der Waals surface area contributed by atoms with Gasteiger partial charge in [0.1, 0.15) is 28.2 Å². The van der Waals surface area contributed by atoms with Crippen molar-refractivity contribution in [3.05, 3.63) is 52.3 Å². The summed E-state index contributed by atoms with van der Waals surface area (Å²) in [4.78, 5) is 27.1. The number of carbonyl (C=O) groups is 1. The van der Waals surface area contributed by atoms with Gasteiger partial charge in [0.15, 0.2) is 0 Å². The number of carbonyl (C=O) groups excluding carboxylic acids is 1. The Morgan fingerprint density at radius 2 is 1.97 bits per heavy atom. The van der Waals surface area contributed by atoms with Gasteiger partial charge in [-0.1, -0.05) is 18.2 Å². The lowest BCUT2D eigenvalue weighted by atomic mass is 10.1. The summed E-state index contributed by atoms with van der Waals surface area (Å²) in [6.07, 6.45) is 0.706. The lowest BCUT2D eigenvalue weighted by Crippen LogP contribution is -2.09. The van der Waals surface area contributed by atoms with E-state index in [1.165, 1.54) is 14.2 Å². The molecule has 0 atom stereocenters. The monoisotopic (exact) mass is 436 g/mol. The highest BCUT2D eigenvalue weighted by Crippen LogP contribution is 2.36. The van der Waals surface area contributed by atoms with Crippen molar-refractivity contribution in [3.63, 3.8) is 0 Å². The van der Waals surface area contributed by atoms with Crippen molar-refractivity contribution in [3.8, 4) is 17.2 Å². The SMILES string of the molecule is COC(=O)CCCOc1cc(OC)cc2[nH]c(=O)c3c(N)n(-c4ccccc4C)nc3c12. The summed E-state index contributed by atoms with van der Waals surface area (Å²) < 4.78 is 17.6. The number of aryl methyl sites for hydroxylation is 1. The largest absolute Gasteiger partial charge is 0.497 e. The number of nitrogens with zero attached hydrogens (tertiary/aromatic N) is 2. The number of aromatic nitrogens is 3. The van der Waals surface area contributed by atoms with Crippen LogP contribution in [0.1, 0.15) is 18.4 Å². The number of rotatable bonds is 7. The molecule has 0 bridgehead atoms. The molecule has 9 nitrogen and oxygen atoms in total. The Balaban J connectivity index is 1.89. The van der Waals surface area contributed by atoms with Crippen LogP contribution in [0.3, 0.4) is 0 Å². The molecule has 0 saturated carbocycles. The standard InChI is InChI=1S/C23H24N4O5/c1-13-7-4-5-8-16(13)27-22(24)20-21(26-27)19-15(25-23(20)29)11-14(30-2)12-17(19)32-10-6-9-18(28)31-3/h4-5,7-8,11-12H,6,9-10,24H2,1-3H3,(H,25,29). The van der Waals surface area contributed by atoms with E-state index >= 15 is 0 Å². The normalized spacial score (nSPS) is 11.1. The molecule has 0 aliphatic carbocycles. The zero-order chi connectivity index (χ0) is 22.8. The van der Waals surface area contributed by atoms with Crippen LogP contribution in [0.2, 0.25) is 0 Å². The van der Waals surface area contributed by atoms with Gasteiger partial charge in [0.2, 0.25) is 0 Å². The molecule has 2 aromatic heterocycles. The number of benzene rings is 2. The summed E-state index contributed by atoms with van der Waals surface area (Å²) in [5.41, 5.74) is 8.71. The number of para-hydroxylation sites is 1. The van der Waals surface area contributed by atoms with Gasteiger partial charge >= 0.3 is 5.97 Å². The molecular weight excluding hydrogens is 412 g/mol. The molecule has 2 aromatic carbocycles. The number of H-pyrrole nitrogens is 1. The van der Waals surface area contributed by atoms with Gasteiger partial charge in [-0.25, -0.2) is 4.68 Å². The maximum Gasteiger partial charge on any atom is 0.305 e. The van der Waals surface area contributed by atoms with Crippen LogP contribution in [0.25, 0.3) is 27.5 Å². The van der Waals surface area contributed by atoms with Crippen LogP contribution in [-0.4, -0.2) is 41.6 Å². The molecule has 0 radical (unpaired) electrons. The highest BCUT2D eigenvalue weighted by molar-refractivity contribution is 6.10. The number of esters is 1. The van der Waals surface area contributed by atoms with Gasteiger partial charge < -0.3 is 24.9 Å². The topological polar surface area (TPSA) is 121 Å². The van der Waals surface area contributed by atoms with Gasteiger partial charge in [-0.05, 0) is 25.0 Å². The Morgan fingerprint density at radius 1 is 1.19 bits per heavy atom. The van der Waals surface area contributed by atoms with Gasteiger partial charge in [0, 0.05) is 18.6 Å². The molecule has 3 N–H and O–H groups in total. The molecule has 32 heavy (non-hydrogen) atoms. The predicted molar refractivity (Wildman–Crippen MR) is 122 cm³/mol. The lowest BCUT2D eigenvalue weighted by molar-refractivity contribution is -0.140. The number of methoxy groups -OCH3 is 2. The summed E-state index contributed by atoms with van der Waals surface area (Å²) >= 11 is 0. The predicted octanol–water partition coefficient (Wildman–Crippen LogP) is 3.10. The van der Waals surface area contributed by atoms with Crippen molar-refractivity contribution in [1.82, 2.24) is 14.8 Å². The summed E-state index contributed by atoms with van der Waals surface area (Å²) in [7, 11) is 2.88. The fraction of sp³-hybridized carbons (Fsp3) is 0.261. The van der Waals surface area contributed by atoms with E-state index < -0.39 is 0 Å². The lowest BCUT2D eigenvalue weighted by Gasteiger charge is -2.11. The van der Waals surface area contributed by atoms with Gasteiger partial charge in [0.25, 0.3) is 5.56 Å². The Labute approximate surface area is 183 Å². The van der Waals surface area contributed by atoms with E-state index in [0.717, 1.165) is 11.3 Å². The van der Waals surface area contributed by atoms with Crippen LogP contribution in [-0.2, 0) is 9.53 Å². The fourth-order valence-electron chi connectivity index (χ4n) is 3.66. The maximum atomic E-state index is 12.9. The van der Waals surface area contributed by atoms with Crippen molar-refractivity contribution < 1.29 is 19.0 Å². The second-order valence-corrected chi connectivity index (χ2v) is 7.34. The van der Waals surface area contributed by atoms with E-state index in [1.807, 2.05) is 31.2 Å². The second kappa shape index (κ2) is 8.62. The first-order valence-corrected chi connectivity index (χ1v) is 10.1. The van der Waals surface area contributed by atoms with Crippen molar-refractivity contribution in [2.24, 2.45) is 0 Å². The molecule has 0 saturated heterocycles. The minimum atomic E-state index is -0.352. The van der Waals surface area contributed by atoms with E-state index in [4.69, 9.17) is 20.3 Å². The van der Waals surface area contributed by atoms with Crippen molar-refractivity contribution in [2.75, 3.05) is 26.6 Å². The summed E-state index contributed by atoms with van der Waals surface area (Å²) in [5.74, 6) is 0.923. The molecule has 166 valence electrons. The Bertz CT molecular complexity index is 1370. The second-order valence-electron chi connectivity index (χ2n) is 7.34. The fourth-order valence-corrected chi connectivity index (χ4v) is 3.66. The van der Waals surface area contributed by atoms with Crippen LogP contribution in [0.5, 0.6) is 11.5 Å². The highest BCUT2D eigenvalue weighted by atomic mass is 16.5. The molecule has 0 aliphatic heterocycles. The Morgan fingerprint density at radius 3 is 2.69 bits per heavy atom. The van der Waals surface area contributed by atoms with Crippen LogP contribution < -0.4 is 20.8 Å². The molecule has 4 aromatic rings. The summed E-state index contributed by atoms with van der Waals surface area (Å²) in [6, 6.07) is 11.1. The molecule has 0 spiro atoms. The van der Waals surface area contributed by atoms with E-state index in [0.29, 0.717) is 34.3 Å². The highest BCUT2D eigenvalue weighted by Gasteiger charge is 2.20. The van der Waals surface area contributed by atoms with Gasteiger partial charge in [-0.15, -0.1) is 0 Å². The van der Waals surface area contributed by atoms with Crippen molar-refractivity contribution in [1.29, 1.82) is 0 Å². The number of aromatic amines is 1. The summed E-state index contributed by atoms with van der Waals surface area (Å²) in [5, 5.41) is 5.59. The number of fused-ring (bicyclic) bond motifs is 3. The van der Waals surface area contributed by atoms with Gasteiger partial charge in [-0.3, -0.25) is 9.59 Å². The van der Waals surface area contributed by atoms with Gasteiger partial charge in [0.05, 0.1) is 37.4 Å². The Hall–Kier alpha value is -4.01. The third-order valence-corrected chi connectivity index (χ3v) is 5.30. The number of hydrogen-bond acceptors (Lipinski definition) is 7. The first-order chi connectivity index (χ1) is 15.4. The molecule has 2 heterocycles. The zero-order valence-electron chi connectivity index (χ0n) is 18.1. The molecule has 4 rings (SSSR count).